The highest BCUT2D eigenvalue weighted by Crippen LogP contribution is 2.40. The maximum absolute atomic E-state index is 10.6. The second-order valence-electron chi connectivity index (χ2n) is 15.8. The summed E-state index contributed by atoms with van der Waals surface area (Å²) < 4.78 is 2.27. The van der Waals surface area contributed by atoms with Crippen molar-refractivity contribution in [2.75, 3.05) is 4.90 Å². The lowest BCUT2D eigenvalue weighted by atomic mass is 9.96. The van der Waals surface area contributed by atoms with Crippen molar-refractivity contribution in [3.05, 3.63) is 242 Å². The van der Waals surface area contributed by atoms with Crippen molar-refractivity contribution in [1.82, 2.24) is 14.5 Å². The molecule has 0 aliphatic carbocycles. The summed E-state index contributed by atoms with van der Waals surface area (Å²) in [7, 11) is 0. The summed E-state index contributed by atoms with van der Waals surface area (Å²) in [4.78, 5) is 12.2. The molecule has 0 aliphatic rings. The Morgan fingerprint density at radius 3 is 1.48 bits per heavy atom. The van der Waals surface area contributed by atoms with Crippen LogP contribution in [0.15, 0.2) is 237 Å². The Morgan fingerprint density at radius 1 is 0.375 bits per heavy atom. The third-order valence-corrected chi connectivity index (χ3v) is 11.9. The molecule has 0 saturated heterocycles. The zero-order valence-corrected chi connectivity index (χ0v) is 34.8. The largest absolute Gasteiger partial charge is 0.310 e. The Labute approximate surface area is 372 Å². The molecular formula is C59H39N5. The van der Waals surface area contributed by atoms with Gasteiger partial charge >= 0.3 is 0 Å². The van der Waals surface area contributed by atoms with Crippen LogP contribution in [-0.2, 0) is 0 Å². The van der Waals surface area contributed by atoms with Gasteiger partial charge in [0.25, 0.3) is 0 Å². The summed E-state index contributed by atoms with van der Waals surface area (Å²) in [5.41, 5.74) is 15.8. The first-order valence-electron chi connectivity index (χ1n) is 21.4. The van der Waals surface area contributed by atoms with Crippen LogP contribution in [0.1, 0.15) is 5.56 Å². The molecule has 0 aliphatic heterocycles. The molecular weight excluding hydrogens is 779 g/mol. The van der Waals surface area contributed by atoms with E-state index in [0.29, 0.717) is 11.4 Å². The summed E-state index contributed by atoms with van der Waals surface area (Å²) in [6.45, 7) is 0. The second kappa shape index (κ2) is 16.5. The van der Waals surface area contributed by atoms with Gasteiger partial charge in [-0.25, -0.2) is 9.97 Å². The molecule has 5 nitrogen and oxygen atoms in total. The van der Waals surface area contributed by atoms with E-state index in [1.165, 1.54) is 0 Å². The van der Waals surface area contributed by atoms with Crippen molar-refractivity contribution >= 4 is 38.9 Å². The number of benzene rings is 9. The van der Waals surface area contributed by atoms with E-state index >= 15 is 0 Å². The maximum atomic E-state index is 10.6. The summed E-state index contributed by atoms with van der Waals surface area (Å²) in [6.07, 6.45) is 0. The minimum atomic E-state index is 0.617. The molecule has 11 rings (SSSR count). The Hall–Kier alpha value is -8.85. The van der Waals surface area contributed by atoms with Gasteiger partial charge in [-0.3, -0.25) is 0 Å². The molecule has 0 bridgehead atoms. The highest BCUT2D eigenvalue weighted by molar-refractivity contribution is 6.10. The number of anilines is 3. The Kier molecular flexibility index (Phi) is 9.85. The molecule has 11 aromatic rings. The summed E-state index contributed by atoms with van der Waals surface area (Å²) >= 11 is 0. The highest BCUT2D eigenvalue weighted by Gasteiger charge is 2.18. The number of fused-ring (bicyclic) bond motifs is 3. The predicted molar refractivity (Wildman–Crippen MR) is 263 cm³/mol. The van der Waals surface area contributed by atoms with Crippen LogP contribution in [-0.4, -0.2) is 14.5 Å². The van der Waals surface area contributed by atoms with Gasteiger partial charge in [0, 0.05) is 50.2 Å². The SMILES string of the molecule is N#Cc1cc(-n2c3ccccc3c3cc(N(c4ccccc4)c4ccccc4)ccc32)ccc1-c1ccc(-c2ccc(-c3cc(-c4ccccc4)nc(-c4ccccc4)n3)cc2)cc1. The van der Waals surface area contributed by atoms with Gasteiger partial charge < -0.3 is 9.47 Å². The molecule has 0 saturated carbocycles. The van der Waals surface area contributed by atoms with Crippen molar-refractivity contribution in [2.45, 2.75) is 0 Å². The quantitative estimate of drug-likeness (QED) is 0.146. The molecule has 0 amide bonds. The zero-order chi connectivity index (χ0) is 42.8. The molecule has 0 unspecified atom stereocenters. The van der Waals surface area contributed by atoms with E-state index in [1.807, 2.05) is 66.7 Å². The minimum absolute atomic E-state index is 0.617. The van der Waals surface area contributed by atoms with E-state index in [1.54, 1.807) is 0 Å². The van der Waals surface area contributed by atoms with Gasteiger partial charge in [0.2, 0.25) is 0 Å². The average molecular weight is 818 g/mol. The van der Waals surface area contributed by atoms with Gasteiger partial charge in [0.15, 0.2) is 5.82 Å². The van der Waals surface area contributed by atoms with Gasteiger partial charge in [0.05, 0.1) is 34.1 Å². The average Bonchev–Trinajstić information content (AvgIpc) is 3.71. The lowest BCUT2D eigenvalue weighted by Gasteiger charge is -2.25. The minimum Gasteiger partial charge on any atom is -0.310 e. The van der Waals surface area contributed by atoms with E-state index in [0.717, 1.165) is 94.9 Å². The monoisotopic (exact) mass is 817 g/mol. The fourth-order valence-electron chi connectivity index (χ4n) is 8.74. The molecule has 0 radical (unpaired) electrons. The number of nitrogens with zero attached hydrogens (tertiary/aromatic N) is 5. The van der Waals surface area contributed by atoms with Gasteiger partial charge in [-0.15, -0.1) is 0 Å². The molecule has 9 aromatic carbocycles. The van der Waals surface area contributed by atoms with Crippen LogP contribution in [0.3, 0.4) is 0 Å². The third kappa shape index (κ3) is 7.15. The first-order chi connectivity index (χ1) is 31.7. The van der Waals surface area contributed by atoms with E-state index in [4.69, 9.17) is 9.97 Å². The smallest absolute Gasteiger partial charge is 0.160 e. The Morgan fingerprint density at radius 2 is 0.875 bits per heavy atom. The van der Waals surface area contributed by atoms with Crippen molar-refractivity contribution in [2.24, 2.45) is 0 Å². The standard InChI is InChI=1S/C59H39N5/c60-40-47-37-50(64-57-24-14-13-23-53(57)54-38-51(34-36-58(54)64)63(48-19-9-3-10-20-48)49-21-11-4-12-22-49)33-35-52(47)43-29-25-41(26-30-43)42-27-31-45(32-28-42)56-39-55(44-15-5-1-6-16-44)61-59(62-56)46-17-7-2-8-18-46/h1-39H. The Balaban J connectivity index is 0.902. The highest BCUT2D eigenvalue weighted by atomic mass is 15.1. The summed E-state index contributed by atoms with van der Waals surface area (Å²) in [5.74, 6) is 0.695. The molecule has 0 atom stereocenters. The maximum Gasteiger partial charge on any atom is 0.160 e. The third-order valence-electron chi connectivity index (χ3n) is 11.9. The van der Waals surface area contributed by atoms with Crippen LogP contribution in [0.4, 0.5) is 17.1 Å². The van der Waals surface area contributed by atoms with Gasteiger partial charge in [-0.05, 0) is 89.0 Å². The first kappa shape index (κ1) is 38.1. The lowest BCUT2D eigenvalue weighted by molar-refractivity contribution is 1.18. The van der Waals surface area contributed by atoms with Crippen LogP contribution in [0.2, 0.25) is 0 Å². The molecule has 0 spiro atoms. The topological polar surface area (TPSA) is 57.7 Å². The lowest BCUT2D eigenvalue weighted by Crippen LogP contribution is -2.09. The van der Waals surface area contributed by atoms with E-state index < -0.39 is 0 Å². The summed E-state index contributed by atoms with van der Waals surface area (Å²) in [5, 5.41) is 12.9. The number of hydrogen-bond acceptors (Lipinski definition) is 4. The second-order valence-corrected chi connectivity index (χ2v) is 15.8. The number of nitriles is 1. The van der Waals surface area contributed by atoms with Gasteiger partial charge in [-0.2, -0.15) is 5.26 Å². The molecule has 2 aromatic heterocycles. The zero-order valence-electron chi connectivity index (χ0n) is 34.8. The molecule has 0 fully saturated rings. The van der Waals surface area contributed by atoms with Crippen LogP contribution < -0.4 is 4.90 Å². The molecule has 2 heterocycles. The van der Waals surface area contributed by atoms with E-state index in [9.17, 15) is 5.26 Å². The fraction of sp³-hybridized carbons (Fsp3) is 0. The van der Waals surface area contributed by atoms with Crippen molar-refractivity contribution < 1.29 is 0 Å². The molecule has 300 valence electrons. The van der Waals surface area contributed by atoms with Crippen molar-refractivity contribution in [3.8, 4) is 67.9 Å². The van der Waals surface area contributed by atoms with Gasteiger partial charge in [0.1, 0.15) is 0 Å². The number of aromatic nitrogens is 3. The predicted octanol–water partition coefficient (Wildman–Crippen LogP) is 15.3. The van der Waals surface area contributed by atoms with Crippen molar-refractivity contribution in [1.29, 1.82) is 5.26 Å². The molecule has 0 N–H and O–H groups in total. The first-order valence-corrected chi connectivity index (χ1v) is 21.4. The van der Waals surface area contributed by atoms with Crippen LogP contribution in [0.5, 0.6) is 0 Å². The number of hydrogen-bond donors (Lipinski definition) is 0. The van der Waals surface area contributed by atoms with E-state index in [2.05, 4.69) is 185 Å². The normalized spacial score (nSPS) is 11.1. The Bertz CT molecular complexity index is 3370. The summed E-state index contributed by atoms with van der Waals surface area (Å²) in [6, 6.07) is 84.3. The molecule has 5 heteroatoms. The molecule has 64 heavy (non-hydrogen) atoms. The van der Waals surface area contributed by atoms with E-state index in [-0.39, 0.29) is 0 Å². The van der Waals surface area contributed by atoms with Gasteiger partial charge in [-0.1, -0.05) is 170 Å². The van der Waals surface area contributed by atoms with Crippen LogP contribution in [0, 0.1) is 11.3 Å². The van der Waals surface area contributed by atoms with Crippen molar-refractivity contribution in [3.63, 3.8) is 0 Å². The van der Waals surface area contributed by atoms with Crippen LogP contribution in [0.25, 0.3) is 83.6 Å². The number of para-hydroxylation sites is 3. The fourth-order valence-corrected chi connectivity index (χ4v) is 8.74. The van der Waals surface area contributed by atoms with Crippen LogP contribution >= 0.6 is 0 Å². The number of rotatable bonds is 9.